The Labute approximate surface area is 175 Å². The molecule has 0 atom stereocenters. The number of carbonyl (C=O) groups is 1. The van der Waals surface area contributed by atoms with Crippen molar-refractivity contribution in [3.63, 3.8) is 0 Å². The van der Waals surface area contributed by atoms with E-state index in [0.717, 1.165) is 41.1 Å². The molecule has 0 fully saturated rings. The Balaban J connectivity index is 1.29. The highest BCUT2D eigenvalue weighted by Crippen LogP contribution is 2.17. The van der Waals surface area contributed by atoms with Gasteiger partial charge in [-0.2, -0.15) is 0 Å². The number of imidazole rings is 1. The first-order valence-electron chi connectivity index (χ1n) is 10.0. The van der Waals surface area contributed by atoms with E-state index in [1.165, 1.54) is 5.56 Å². The minimum Gasteiger partial charge on any atom is -0.494 e. The molecule has 0 aliphatic heterocycles. The van der Waals surface area contributed by atoms with Crippen LogP contribution in [0.3, 0.4) is 0 Å². The van der Waals surface area contributed by atoms with Crippen molar-refractivity contribution in [3.05, 3.63) is 84.2 Å². The molecule has 0 spiro atoms. The van der Waals surface area contributed by atoms with Gasteiger partial charge < -0.3 is 20.4 Å². The van der Waals surface area contributed by atoms with Crippen molar-refractivity contribution < 1.29 is 9.53 Å². The topological polar surface area (TPSA) is 79.0 Å². The highest BCUT2D eigenvalue weighted by atomic mass is 16.5. The average molecular weight is 400 g/mol. The predicted molar refractivity (Wildman–Crippen MR) is 120 cm³/mol. The zero-order chi connectivity index (χ0) is 20.8. The van der Waals surface area contributed by atoms with E-state index in [4.69, 9.17) is 4.74 Å². The van der Waals surface area contributed by atoms with Gasteiger partial charge in [-0.15, -0.1) is 0 Å². The number of nitrogens with one attached hydrogen (secondary N) is 3. The number of ether oxygens (including phenoxy) is 1. The molecule has 0 radical (unpaired) electrons. The number of anilines is 2. The molecule has 3 aromatic carbocycles. The molecule has 4 rings (SSSR count). The molecule has 2 amide bonds. The van der Waals surface area contributed by atoms with Crippen molar-refractivity contribution in [2.24, 2.45) is 0 Å². The van der Waals surface area contributed by atoms with Crippen molar-refractivity contribution in [1.82, 2.24) is 9.97 Å². The van der Waals surface area contributed by atoms with Gasteiger partial charge in [0.25, 0.3) is 0 Å². The Hall–Kier alpha value is -3.80. The molecule has 4 aromatic rings. The minimum atomic E-state index is -0.283. The van der Waals surface area contributed by atoms with Gasteiger partial charge in [-0.1, -0.05) is 24.3 Å². The van der Waals surface area contributed by atoms with E-state index in [9.17, 15) is 4.79 Å². The van der Waals surface area contributed by atoms with Crippen LogP contribution in [-0.2, 0) is 12.8 Å². The number of hydrogen-bond donors (Lipinski definition) is 3. The molecular formula is C24H24N4O2. The Bertz CT molecular complexity index is 1090. The van der Waals surface area contributed by atoms with E-state index < -0.39 is 0 Å². The van der Waals surface area contributed by atoms with Gasteiger partial charge in [0.1, 0.15) is 11.6 Å². The number of fused-ring (bicyclic) bond motifs is 1. The number of aromatic amines is 1. The number of aromatic nitrogens is 2. The zero-order valence-corrected chi connectivity index (χ0v) is 16.8. The lowest BCUT2D eigenvalue weighted by Gasteiger charge is -2.09. The van der Waals surface area contributed by atoms with Crippen LogP contribution in [0, 0.1) is 0 Å². The van der Waals surface area contributed by atoms with E-state index in [0.29, 0.717) is 12.3 Å². The van der Waals surface area contributed by atoms with E-state index >= 15 is 0 Å². The second-order valence-electron chi connectivity index (χ2n) is 6.93. The summed E-state index contributed by atoms with van der Waals surface area (Å²) in [5.41, 5.74) is 4.69. The van der Waals surface area contributed by atoms with Crippen LogP contribution < -0.4 is 15.4 Å². The Morgan fingerprint density at radius 3 is 2.23 bits per heavy atom. The Morgan fingerprint density at radius 1 is 0.900 bits per heavy atom. The fourth-order valence-electron chi connectivity index (χ4n) is 3.24. The monoisotopic (exact) mass is 400 g/mol. The molecule has 0 saturated heterocycles. The van der Waals surface area contributed by atoms with Gasteiger partial charge in [0.05, 0.1) is 17.6 Å². The third kappa shape index (κ3) is 4.97. The summed E-state index contributed by atoms with van der Waals surface area (Å²) in [5.74, 6) is 1.76. The van der Waals surface area contributed by atoms with Gasteiger partial charge in [0.2, 0.25) is 0 Å². The maximum absolute atomic E-state index is 12.2. The van der Waals surface area contributed by atoms with Gasteiger partial charge in [0, 0.05) is 17.8 Å². The summed E-state index contributed by atoms with van der Waals surface area (Å²) in [7, 11) is 0. The molecule has 0 aliphatic rings. The lowest BCUT2D eigenvalue weighted by atomic mass is 10.1. The van der Waals surface area contributed by atoms with E-state index in [-0.39, 0.29) is 6.03 Å². The van der Waals surface area contributed by atoms with Crippen LogP contribution in [-0.4, -0.2) is 22.6 Å². The van der Waals surface area contributed by atoms with Crippen LogP contribution in [0.25, 0.3) is 11.0 Å². The molecule has 0 bridgehead atoms. The van der Waals surface area contributed by atoms with Crippen LogP contribution >= 0.6 is 0 Å². The second kappa shape index (κ2) is 9.13. The van der Waals surface area contributed by atoms with Gasteiger partial charge in [0.15, 0.2) is 0 Å². The maximum Gasteiger partial charge on any atom is 0.323 e. The molecule has 152 valence electrons. The standard InChI is InChI=1S/C24H24N4O2/c1-2-30-20-14-12-19(13-15-20)26-24(29)25-18-10-7-17(8-11-18)9-16-23-27-21-5-3-4-6-22(21)28-23/h3-8,10-15H,2,9,16H2,1H3,(H,27,28)(H2,25,26,29). The molecule has 6 heteroatoms. The summed E-state index contributed by atoms with van der Waals surface area (Å²) in [6, 6.07) is 22.9. The van der Waals surface area contributed by atoms with E-state index in [2.05, 4.69) is 20.6 Å². The van der Waals surface area contributed by atoms with Gasteiger partial charge >= 0.3 is 6.03 Å². The SMILES string of the molecule is CCOc1ccc(NC(=O)Nc2ccc(CCc3nc4ccccc4[nH]3)cc2)cc1. The molecule has 30 heavy (non-hydrogen) atoms. The Kier molecular flexibility index (Phi) is 5.94. The molecular weight excluding hydrogens is 376 g/mol. The number of aryl methyl sites for hydroxylation is 2. The van der Waals surface area contributed by atoms with Crippen LogP contribution in [0.15, 0.2) is 72.8 Å². The number of nitrogens with zero attached hydrogens (tertiary/aromatic N) is 1. The largest absolute Gasteiger partial charge is 0.494 e. The fraction of sp³-hybridized carbons (Fsp3) is 0.167. The first-order valence-corrected chi connectivity index (χ1v) is 10.0. The van der Waals surface area contributed by atoms with E-state index in [1.54, 1.807) is 0 Å². The molecule has 0 aliphatic carbocycles. The number of hydrogen-bond acceptors (Lipinski definition) is 3. The van der Waals surface area contributed by atoms with Gasteiger partial charge in [-0.05, 0) is 67.4 Å². The summed E-state index contributed by atoms with van der Waals surface area (Å²) in [4.78, 5) is 20.2. The van der Waals surface area contributed by atoms with Crippen LogP contribution in [0.2, 0.25) is 0 Å². The summed E-state index contributed by atoms with van der Waals surface area (Å²) >= 11 is 0. The fourth-order valence-corrected chi connectivity index (χ4v) is 3.24. The smallest absolute Gasteiger partial charge is 0.323 e. The molecule has 0 saturated carbocycles. The summed E-state index contributed by atoms with van der Waals surface area (Å²) < 4.78 is 5.40. The van der Waals surface area contributed by atoms with E-state index in [1.807, 2.05) is 79.7 Å². The number of rotatable bonds is 7. The van der Waals surface area contributed by atoms with Crippen molar-refractivity contribution >= 4 is 28.4 Å². The van der Waals surface area contributed by atoms with Crippen molar-refractivity contribution in [3.8, 4) is 5.75 Å². The third-order valence-corrected chi connectivity index (χ3v) is 4.72. The second-order valence-corrected chi connectivity index (χ2v) is 6.93. The van der Waals surface area contributed by atoms with Gasteiger partial charge in [-0.3, -0.25) is 0 Å². The van der Waals surface area contributed by atoms with Crippen molar-refractivity contribution in [2.75, 3.05) is 17.2 Å². The van der Waals surface area contributed by atoms with Gasteiger partial charge in [-0.25, -0.2) is 9.78 Å². The number of para-hydroxylation sites is 2. The predicted octanol–water partition coefficient (Wildman–Crippen LogP) is 5.39. The number of H-pyrrole nitrogens is 1. The highest BCUT2D eigenvalue weighted by molar-refractivity contribution is 5.99. The maximum atomic E-state index is 12.2. The summed E-state index contributed by atoms with van der Waals surface area (Å²) in [6.07, 6.45) is 1.71. The third-order valence-electron chi connectivity index (χ3n) is 4.72. The molecule has 1 aromatic heterocycles. The molecule has 1 heterocycles. The van der Waals surface area contributed by atoms with Crippen LogP contribution in [0.4, 0.5) is 16.2 Å². The lowest BCUT2D eigenvalue weighted by molar-refractivity contribution is 0.262. The molecule has 3 N–H and O–H groups in total. The number of carbonyl (C=O) groups excluding carboxylic acids is 1. The average Bonchev–Trinajstić information content (AvgIpc) is 3.18. The number of benzene rings is 3. The highest BCUT2D eigenvalue weighted by Gasteiger charge is 2.05. The van der Waals surface area contributed by atoms with Crippen molar-refractivity contribution in [2.45, 2.75) is 19.8 Å². The quantitative estimate of drug-likeness (QED) is 0.389. The Morgan fingerprint density at radius 2 is 1.57 bits per heavy atom. The first kappa shape index (κ1) is 19.5. The lowest BCUT2D eigenvalue weighted by Crippen LogP contribution is -2.19. The normalized spacial score (nSPS) is 10.7. The van der Waals surface area contributed by atoms with Crippen LogP contribution in [0.1, 0.15) is 18.3 Å². The van der Waals surface area contributed by atoms with Crippen LogP contribution in [0.5, 0.6) is 5.75 Å². The zero-order valence-electron chi connectivity index (χ0n) is 16.8. The summed E-state index contributed by atoms with van der Waals surface area (Å²) in [5, 5.41) is 5.66. The van der Waals surface area contributed by atoms with Crippen molar-refractivity contribution in [1.29, 1.82) is 0 Å². The number of urea groups is 1. The number of amides is 2. The first-order chi connectivity index (χ1) is 14.7. The molecule has 6 nitrogen and oxygen atoms in total. The molecule has 0 unspecified atom stereocenters. The minimum absolute atomic E-state index is 0.283. The summed E-state index contributed by atoms with van der Waals surface area (Å²) in [6.45, 7) is 2.55.